The third kappa shape index (κ3) is 5.35. The Morgan fingerprint density at radius 3 is 2.23 bits per heavy atom. The van der Waals surface area contributed by atoms with Gasteiger partial charge in [-0.1, -0.05) is 0 Å². The number of nitrogens with one attached hydrogen (secondary N) is 1. The zero-order chi connectivity index (χ0) is 16.7. The van der Waals surface area contributed by atoms with Gasteiger partial charge >= 0.3 is 18.7 Å². The van der Waals surface area contributed by atoms with E-state index in [1.165, 1.54) is 19.1 Å². The number of esters is 1. The Morgan fingerprint density at radius 2 is 1.73 bits per heavy atom. The summed E-state index contributed by atoms with van der Waals surface area (Å²) in [5.41, 5.74) is 0.0272. The quantitative estimate of drug-likeness (QED) is 0.832. The maximum absolute atomic E-state index is 12.0. The molecule has 2 amide bonds. The Bertz CT molecular complexity index is 546. The minimum Gasteiger partial charge on any atom is -0.453 e. The Morgan fingerprint density at radius 1 is 1.14 bits per heavy atom. The molecule has 0 saturated carbocycles. The van der Waals surface area contributed by atoms with Crippen LogP contribution in [0.3, 0.4) is 0 Å². The van der Waals surface area contributed by atoms with Crippen LogP contribution < -0.4 is 10.1 Å². The van der Waals surface area contributed by atoms with Crippen LogP contribution in [0.15, 0.2) is 24.3 Å². The number of halogens is 2. The Kier molecular flexibility index (Phi) is 6.24. The van der Waals surface area contributed by atoms with E-state index in [1.54, 1.807) is 0 Å². The van der Waals surface area contributed by atoms with Gasteiger partial charge in [-0.15, -0.1) is 0 Å². The van der Waals surface area contributed by atoms with E-state index in [4.69, 9.17) is 4.74 Å². The summed E-state index contributed by atoms with van der Waals surface area (Å²) in [5.74, 6) is -1.85. The molecular weight excluding hydrogens is 304 g/mol. The van der Waals surface area contributed by atoms with Crippen LogP contribution in [0, 0.1) is 0 Å². The molecule has 0 radical (unpaired) electrons. The van der Waals surface area contributed by atoms with Crippen molar-refractivity contribution in [1.82, 2.24) is 5.32 Å². The number of hydrogen-bond donors (Lipinski definition) is 1. The third-order valence-corrected chi connectivity index (χ3v) is 2.38. The number of alkyl carbamates (subject to hydrolysis) is 1. The zero-order valence-electron chi connectivity index (χ0n) is 11.7. The highest BCUT2D eigenvalue weighted by molar-refractivity contribution is 5.97. The summed E-state index contributed by atoms with van der Waals surface area (Å²) in [4.78, 5) is 34.0. The van der Waals surface area contributed by atoms with Gasteiger partial charge in [0.1, 0.15) is 5.75 Å². The molecule has 0 fully saturated rings. The van der Waals surface area contributed by atoms with Crippen molar-refractivity contribution >= 4 is 18.0 Å². The van der Waals surface area contributed by atoms with Gasteiger partial charge < -0.3 is 14.2 Å². The smallest absolute Gasteiger partial charge is 0.413 e. The minimum absolute atomic E-state index is 0.0272. The first kappa shape index (κ1) is 17.3. The summed E-state index contributed by atoms with van der Waals surface area (Å²) in [7, 11) is 1.07. The number of hydrogen-bond acceptors (Lipinski definition) is 6. The molecule has 1 aromatic rings. The normalized spacial score (nSPS) is 11.5. The van der Waals surface area contributed by atoms with Crippen molar-refractivity contribution in [3.8, 4) is 5.75 Å². The van der Waals surface area contributed by atoms with Crippen molar-refractivity contribution in [2.24, 2.45) is 0 Å². The lowest BCUT2D eigenvalue weighted by Gasteiger charge is -2.12. The molecule has 0 aliphatic heterocycles. The van der Waals surface area contributed by atoms with Gasteiger partial charge in [0.15, 0.2) is 6.10 Å². The molecule has 22 heavy (non-hydrogen) atoms. The molecule has 120 valence electrons. The first-order valence-corrected chi connectivity index (χ1v) is 5.98. The molecule has 0 aliphatic carbocycles. The van der Waals surface area contributed by atoms with Crippen LogP contribution >= 0.6 is 0 Å². The average Bonchev–Trinajstić information content (AvgIpc) is 2.46. The number of carbonyl (C=O) groups is 3. The number of ether oxygens (including phenoxy) is 3. The van der Waals surface area contributed by atoms with Gasteiger partial charge in [-0.25, -0.2) is 9.59 Å². The highest BCUT2D eigenvalue weighted by atomic mass is 19.3. The molecule has 1 rings (SSSR count). The van der Waals surface area contributed by atoms with E-state index in [1.807, 2.05) is 5.32 Å². The average molecular weight is 317 g/mol. The molecule has 0 unspecified atom stereocenters. The Labute approximate surface area is 124 Å². The minimum atomic E-state index is -2.97. The monoisotopic (exact) mass is 317 g/mol. The summed E-state index contributed by atoms with van der Waals surface area (Å²) in [6, 6.07) is 4.71. The maximum atomic E-state index is 12.0. The topological polar surface area (TPSA) is 90.9 Å². The molecule has 0 aliphatic rings. The van der Waals surface area contributed by atoms with E-state index in [9.17, 15) is 23.2 Å². The van der Waals surface area contributed by atoms with Crippen LogP contribution in [0.1, 0.15) is 17.3 Å². The first-order chi connectivity index (χ1) is 10.3. The fraction of sp³-hybridized carbons (Fsp3) is 0.308. The van der Waals surface area contributed by atoms with E-state index in [2.05, 4.69) is 9.47 Å². The highest BCUT2D eigenvalue weighted by Crippen LogP contribution is 2.15. The van der Waals surface area contributed by atoms with Crippen molar-refractivity contribution in [3.05, 3.63) is 29.8 Å². The largest absolute Gasteiger partial charge is 0.453 e. The summed E-state index contributed by atoms with van der Waals surface area (Å²) in [5, 5.41) is 1.84. The Balaban J connectivity index is 2.60. The molecule has 0 aromatic heterocycles. The Hall–Kier alpha value is -2.71. The summed E-state index contributed by atoms with van der Waals surface area (Å²) in [6.07, 6.45) is -2.23. The molecule has 7 nitrogen and oxygen atoms in total. The number of imide groups is 1. The van der Waals surface area contributed by atoms with Crippen LogP contribution in [-0.4, -0.2) is 37.8 Å². The van der Waals surface area contributed by atoms with E-state index in [-0.39, 0.29) is 11.3 Å². The SMILES string of the molecule is COC(=O)NC(=O)[C@@H](C)OC(=O)c1ccc(OC(F)F)cc1. The molecule has 1 atom stereocenters. The van der Waals surface area contributed by atoms with Crippen molar-refractivity contribution < 1.29 is 37.4 Å². The standard InChI is InChI=1S/C13H13F2NO6/c1-7(10(17)16-13(19)20-2)21-11(18)8-3-5-9(6-4-8)22-12(14)15/h3-7,12H,1-2H3,(H,16,17,19)/t7-/m1/s1. The molecule has 1 N–H and O–H groups in total. The van der Waals surface area contributed by atoms with E-state index < -0.39 is 30.7 Å². The number of alkyl halides is 2. The van der Waals surface area contributed by atoms with Crippen LogP contribution in [0.2, 0.25) is 0 Å². The van der Waals surface area contributed by atoms with Crippen molar-refractivity contribution in [2.45, 2.75) is 19.6 Å². The lowest BCUT2D eigenvalue weighted by Crippen LogP contribution is -2.39. The number of benzene rings is 1. The van der Waals surface area contributed by atoms with Crippen LogP contribution in [0.4, 0.5) is 13.6 Å². The van der Waals surface area contributed by atoms with Gasteiger partial charge in [-0.3, -0.25) is 10.1 Å². The second kappa shape index (κ2) is 7.91. The molecular formula is C13H13F2NO6. The number of amides is 2. The fourth-order valence-electron chi connectivity index (χ4n) is 1.31. The van der Waals surface area contributed by atoms with Crippen LogP contribution in [0.25, 0.3) is 0 Å². The molecule has 0 heterocycles. The van der Waals surface area contributed by atoms with Gasteiger partial charge in [0, 0.05) is 0 Å². The second-order valence-corrected chi connectivity index (χ2v) is 3.93. The molecule has 9 heteroatoms. The van der Waals surface area contributed by atoms with Crippen LogP contribution in [-0.2, 0) is 14.3 Å². The maximum Gasteiger partial charge on any atom is 0.413 e. The summed E-state index contributed by atoms with van der Waals surface area (Å²) < 4.78 is 37.1. The van der Waals surface area contributed by atoms with Crippen molar-refractivity contribution in [1.29, 1.82) is 0 Å². The van der Waals surface area contributed by atoms with E-state index in [0.717, 1.165) is 19.2 Å². The van der Waals surface area contributed by atoms with Gasteiger partial charge in [-0.2, -0.15) is 8.78 Å². The van der Waals surface area contributed by atoms with Gasteiger partial charge in [-0.05, 0) is 31.2 Å². The predicted octanol–water partition coefficient (Wildman–Crippen LogP) is 1.72. The van der Waals surface area contributed by atoms with Gasteiger partial charge in [0.2, 0.25) is 0 Å². The lowest BCUT2D eigenvalue weighted by atomic mass is 10.2. The lowest BCUT2D eigenvalue weighted by molar-refractivity contribution is -0.128. The van der Waals surface area contributed by atoms with Gasteiger partial charge in [0.05, 0.1) is 12.7 Å². The van der Waals surface area contributed by atoms with E-state index >= 15 is 0 Å². The number of rotatable bonds is 5. The highest BCUT2D eigenvalue weighted by Gasteiger charge is 2.21. The third-order valence-electron chi connectivity index (χ3n) is 2.38. The predicted molar refractivity (Wildman–Crippen MR) is 68.5 cm³/mol. The molecule has 0 spiro atoms. The fourth-order valence-corrected chi connectivity index (χ4v) is 1.31. The van der Waals surface area contributed by atoms with Gasteiger partial charge in [0.25, 0.3) is 5.91 Å². The molecule has 0 saturated heterocycles. The number of methoxy groups -OCH3 is 1. The van der Waals surface area contributed by atoms with E-state index in [0.29, 0.717) is 0 Å². The second-order valence-electron chi connectivity index (χ2n) is 3.93. The molecule has 0 bridgehead atoms. The first-order valence-electron chi connectivity index (χ1n) is 5.98. The summed E-state index contributed by atoms with van der Waals surface area (Å²) in [6.45, 7) is -1.72. The van der Waals surface area contributed by atoms with Crippen molar-refractivity contribution in [2.75, 3.05) is 7.11 Å². The summed E-state index contributed by atoms with van der Waals surface area (Å²) >= 11 is 0. The zero-order valence-corrected chi connectivity index (χ0v) is 11.7. The number of carbonyl (C=O) groups excluding carboxylic acids is 3. The molecule has 1 aromatic carbocycles. The van der Waals surface area contributed by atoms with Crippen LogP contribution in [0.5, 0.6) is 5.75 Å². The van der Waals surface area contributed by atoms with Crippen molar-refractivity contribution in [3.63, 3.8) is 0 Å².